The molecular formula is C32H26BrF6NO7S2. The second kappa shape index (κ2) is 13.9. The zero-order chi connectivity index (χ0) is 35.8. The molecule has 2 atom stereocenters. The normalized spacial score (nSPS) is 17.0. The molecule has 4 aromatic carbocycles. The number of fused-ring (bicyclic) bond motifs is 1. The highest BCUT2D eigenvalue weighted by atomic mass is 79.9. The lowest BCUT2D eigenvalue weighted by Gasteiger charge is -2.43. The van der Waals surface area contributed by atoms with Gasteiger partial charge in [0.2, 0.25) is 0 Å². The van der Waals surface area contributed by atoms with Crippen LogP contribution in [-0.4, -0.2) is 29.7 Å². The van der Waals surface area contributed by atoms with Crippen LogP contribution in [0.3, 0.4) is 0 Å². The van der Waals surface area contributed by atoms with Crippen molar-refractivity contribution in [2.24, 2.45) is 0 Å². The van der Waals surface area contributed by atoms with E-state index in [0.717, 1.165) is 24.3 Å². The molecule has 0 saturated heterocycles. The number of benzene rings is 4. The van der Waals surface area contributed by atoms with E-state index < -0.39 is 77.9 Å². The van der Waals surface area contributed by atoms with Crippen molar-refractivity contribution in [2.45, 2.75) is 54.4 Å². The van der Waals surface area contributed by atoms with Crippen LogP contribution in [-0.2, 0) is 48.0 Å². The van der Waals surface area contributed by atoms with Crippen molar-refractivity contribution in [2.75, 3.05) is 10.9 Å². The van der Waals surface area contributed by atoms with Gasteiger partial charge < -0.3 is 9.47 Å². The number of sulfonamides is 1. The van der Waals surface area contributed by atoms with Gasteiger partial charge in [-0.05, 0) is 60.5 Å². The molecule has 8 nitrogen and oxygen atoms in total. The zero-order valence-corrected chi connectivity index (χ0v) is 28.4. The summed E-state index contributed by atoms with van der Waals surface area (Å²) >= 11 is 3.22. The molecule has 0 amide bonds. The Bertz CT molecular complexity index is 2040. The lowest BCUT2D eigenvalue weighted by Crippen LogP contribution is -2.50. The minimum Gasteiger partial charge on any atom is -0.479 e. The molecule has 262 valence electrons. The average Bonchev–Trinajstić information content (AvgIpc) is 3.05. The number of hydrogen-bond donors (Lipinski definition) is 0. The van der Waals surface area contributed by atoms with Gasteiger partial charge >= 0.3 is 12.4 Å². The van der Waals surface area contributed by atoms with Crippen molar-refractivity contribution in [3.05, 3.63) is 118 Å². The quantitative estimate of drug-likeness (QED) is 0.117. The lowest BCUT2D eigenvalue weighted by atomic mass is 9.99. The van der Waals surface area contributed by atoms with E-state index in [0.29, 0.717) is 28.1 Å². The van der Waals surface area contributed by atoms with Gasteiger partial charge in [-0.25, -0.2) is 12.7 Å². The van der Waals surface area contributed by atoms with E-state index >= 15 is 0 Å². The molecule has 5 rings (SSSR count). The van der Waals surface area contributed by atoms with E-state index in [2.05, 4.69) is 15.9 Å². The summed E-state index contributed by atoms with van der Waals surface area (Å²) in [4.78, 5) is -1.84. The fourth-order valence-electron chi connectivity index (χ4n) is 5.10. The Kier molecular flexibility index (Phi) is 10.4. The molecule has 17 heteroatoms. The van der Waals surface area contributed by atoms with Crippen LogP contribution in [0.4, 0.5) is 32.0 Å². The van der Waals surface area contributed by atoms with Gasteiger partial charge in [0.1, 0.15) is 10.6 Å². The topological polar surface area (TPSA) is 99.2 Å². The second-order valence-corrected chi connectivity index (χ2v) is 15.0. The highest BCUT2D eigenvalue weighted by Gasteiger charge is 2.50. The molecule has 1 aliphatic rings. The van der Waals surface area contributed by atoms with Crippen LogP contribution in [0.25, 0.3) is 0 Å². The number of anilines is 1. The van der Waals surface area contributed by atoms with Gasteiger partial charge in [-0.15, -0.1) is 0 Å². The van der Waals surface area contributed by atoms with Crippen LogP contribution in [0.15, 0.2) is 105 Å². The number of alkyl halides is 6. The molecule has 4 aromatic rings. The summed E-state index contributed by atoms with van der Waals surface area (Å²) in [5.74, 6) is -0.335. The summed E-state index contributed by atoms with van der Waals surface area (Å²) in [6, 6.07) is 17.0. The maximum absolute atomic E-state index is 14.7. The Balaban J connectivity index is 1.82. The molecule has 0 saturated carbocycles. The number of halogens is 7. The number of rotatable bonds is 10. The number of ether oxygens (including phenoxy) is 2. The van der Waals surface area contributed by atoms with Crippen molar-refractivity contribution >= 4 is 41.8 Å². The highest BCUT2D eigenvalue weighted by Crippen LogP contribution is 2.50. The fraction of sp³-hybridized carbons (Fsp3) is 0.250. The summed E-state index contributed by atoms with van der Waals surface area (Å²) in [5.41, 5.74) is -3.71. The van der Waals surface area contributed by atoms with Crippen LogP contribution >= 0.6 is 15.9 Å². The molecule has 0 aliphatic carbocycles. The summed E-state index contributed by atoms with van der Waals surface area (Å²) in [7, 11) is -10.1. The smallest absolute Gasteiger partial charge is 0.416 e. The molecule has 0 bridgehead atoms. The van der Waals surface area contributed by atoms with Crippen LogP contribution in [0.1, 0.15) is 41.7 Å². The first-order valence-corrected chi connectivity index (χ1v) is 18.0. The van der Waals surface area contributed by atoms with E-state index in [1.54, 1.807) is 37.3 Å². The SMILES string of the molecule is CCCOS(=O)(=O)c1cccc(C(F)(F)F)c1C1Oc2ccc(Br)cc2N(S(=O)(=O)c2cccc(C(F)(F)F)c2)[C@@H]1OCc1ccccc1. The first-order chi connectivity index (χ1) is 22.9. The molecule has 0 fully saturated rings. The molecule has 49 heavy (non-hydrogen) atoms. The van der Waals surface area contributed by atoms with Gasteiger partial charge in [-0.1, -0.05) is 65.3 Å². The summed E-state index contributed by atoms with van der Waals surface area (Å²) in [6.45, 7) is 0.752. The van der Waals surface area contributed by atoms with E-state index in [1.807, 2.05) is 0 Å². The molecular weight excluding hydrogens is 768 g/mol. The Hall–Kier alpha value is -3.64. The van der Waals surface area contributed by atoms with Crippen molar-refractivity contribution in [1.82, 2.24) is 0 Å². The molecule has 0 spiro atoms. The Morgan fingerprint density at radius 3 is 2.18 bits per heavy atom. The predicted molar refractivity (Wildman–Crippen MR) is 169 cm³/mol. The van der Waals surface area contributed by atoms with Crippen LogP contribution in [0.2, 0.25) is 0 Å². The lowest BCUT2D eigenvalue weighted by molar-refractivity contribution is -0.140. The van der Waals surface area contributed by atoms with Gasteiger partial charge in [0, 0.05) is 10.0 Å². The monoisotopic (exact) mass is 793 g/mol. The van der Waals surface area contributed by atoms with Gasteiger partial charge in [0.25, 0.3) is 20.1 Å². The van der Waals surface area contributed by atoms with Crippen molar-refractivity contribution < 1.29 is 56.8 Å². The standard InChI is InChI=1S/C32H26BrF6NO7S2/c1-2-16-46-49(43,44)27-13-7-12-24(32(37,38)39)28(27)29-30(45-19-20-8-4-3-5-9-20)40(25-18-22(33)14-15-26(25)47-29)48(41,42)23-11-6-10-21(17-23)31(34,35)36/h3-15,17-18,29-30H,2,16,19H2,1H3/t29?,30-/m1/s1. The first-order valence-electron chi connectivity index (χ1n) is 14.4. The largest absolute Gasteiger partial charge is 0.479 e. The van der Waals surface area contributed by atoms with Crippen molar-refractivity contribution in [1.29, 1.82) is 0 Å². The minimum absolute atomic E-state index is 0.182. The predicted octanol–water partition coefficient (Wildman–Crippen LogP) is 8.47. The molecule has 1 aliphatic heterocycles. The molecule has 0 N–H and O–H groups in total. The summed E-state index contributed by atoms with van der Waals surface area (Å²) in [5, 5.41) is 0. The number of hydrogen-bond acceptors (Lipinski definition) is 7. The molecule has 0 aromatic heterocycles. The van der Waals surface area contributed by atoms with E-state index in [1.165, 1.54) is 18.2 Å². The van der Waals surface area contributed by atoms with E-state index in [-0.39, 0.29) is 28.9 Å². The van der Waals surface area contributed by atoms with Crippen LogP contribution < -0.4 is 9.04 Å². The average molecular weight is 795 g/mol. The molecule has 1 unspecified atom stereocenters. The Labute approximate surface area is 286 Å². The second-order valence-electron chi connectivity index (χ2n) is 10.7. The Morgan fingerprint density at radius 2 is 1.53 bits per heavy atom. The third kappa shape index (κ3) is 7.75. The maximum atomic E-state index is 14.7. The Morgan fingerprint density at radius 1 is 0.837 bits per heavy atom. The number of nitrogens with zero attached hydrogens (tertiary/aromatic N) is 1. The van der Waals surface area contributed by atoms with Crippen LogP contribution in [0, 0.1) is 0 Å². The minimum atomic E-state index is -5.20. The summed E-state index contributed by atoms with van der Waals surface area (Å²) in [6.07, 6.45) is -14.3. The van der Waals surface area contributed by atoms with Gasteiger partial charge in [-0.2, -0.15) is 34.8 Å². The van der Waals surface area contributed by atoms with Crippen LogP contribution in [0.5, 0.6) is 5.75 Å². The zero-order valence-electron chi connectivity index (χ0n) is 25.2. The van der Waals surface area contributed by atoms with E-state index in [9.17, 15) is 43.2 Å². The molecule has 1 heterocycles. The fourth-order valence-corrected chi connectivity index (χ4v) is 8.30. The van der Waals surface area contributed by atoms with Gasteiger partial charge in [0.15, 0.2) is 12.3 Å². The van der Waals surface area contributed by atoms with Gasteiger partial charge in [0.05, 0.1) is 34.9 Å². The maximum Gasteiger partial charge on any atom is 0.416 e. The first kappa shape index (κ1) is 36.6. The van der Waals surface area contributed by atoms with Crippen molar-refractivity contribution in [3.8, 4) is 5.75 Å². The van der Waals surface area contributed by atoms with E-state index in [4.69, 9.17) is 13.7 Å². The van der Waals surface area contributed by atoms with Crippen molar-refractivity contribution in [3.63, 3.8) is 0 Å². The third-order valence-corrected chi connectivity index (χ3v) is 10.9. The molecule has 0 radical (unpaired) electrons. The van der Waals surface area contributed by atoms with Gasteiger partial charge in [-0.3, -0.25) is 4.18 Å². The summed E-state index contributed by atoms with van der Waals surface area (Å²) < 4.78 is 159. The third-order valence-electron chi connectivity index (χ3n) is 7.25. The highest BCUT2D eigenvalue weighted by molar-refractivity contribution is 9.10.